The van der Waals surface area contributed by atoms with Gasteiger partial charge in [-0.25, -0.2) is 0 Å². The Kier molecular flexibility index (Phi) is 3.46. The Labute approximate surface area is 82.9 Å². The Hall–Kier alpha value is -1.10. The van der Waals surface area contributed by atoms with Crippen molar-refractivity contribution in [1.82, 2.24) is 0 Å². The van der Waals surface area contributed by atoms with E-state index in [4.69, 9.17) is 8.19 Å². The van der Waals surface area contributed by atoms with Gasteiger partial charge in [-0.1, -0.05) is 0 Å². The molecule has 6 nitrogen and oxygen atoms in total. The molecule has 76 valence electrons. The van der Waals surface area contributed by atoms with E-state index in [9.17, 15) is 8.65 Å². The Morgan fingerprint density at radius 2 is 1.86 bits per heavy atom. The Morgan fingerprint density at radius 3 is 2.29 bits per heavy atom. The van der Waals surface area contributed by atoms with Gasteiger partial charge in [-0.15, -0.1) is 0 Å². The van der Waals surface area contributed by atoms with Gasteiger partial charge in [-0.2, -0.15) is 0 Å². The maximum atomic E-state index is 10.8. The van der Waals surface area contributed by atoms with E-state index in [0.717, 1.165) is 0 Å². The Bertz CT molecular complexity index is 358. The van der Waals surface area contributed by atoms with Gasteiger partial charge in [-0.05, 0) is 0 Å². The van der Waals surface area contributed by atoms with Gasteiger partial charge in [-0.3, -0.25) is 0 Å². The topological polar surface area (TPSA) is 99.0 Å². The van der Waals surface area contributed by atoms with E-state index in [1.54, 1.807) is 0 Å². The van der Waals surface area contributed by atoms with Crippen molar-refractivity contribution in [2.45, 2.75) is 0 Å². The second kappa shape index (κ2) is 4.41. The van der Waals surface area contributed by atoms with Crippen LogP contribution in [0.5, 0.6) is 0 Å². The number of hydrogen-bond acceptors (Lipinski definition) is 4. The van der Waals surface area contributed by atoms with Gasteiger partial charge in [0.15, 0.2) is 0 Å². The van der Waals surface area contributed by atoms with Crippen LogP contribution in [0, 0.1) is 4.91 Å². The number of nitrogens with one attached hydrogen (secondary N) is 1. The number of rotatable bonds is 4. The summed E-state index contributed by atoms with van der Waals surface area (Å²) in [6.07, 6.45) is 0. The fraction of sp³-hybridized carbons (Fsp3) is 0.143. The monoisotopic (exact) mass is 260 g/mol. The van der Waals surface area contributed by atoms with Crippen molar-refractivity contribution in [2.75, 3.05) is 12.0 Å². The second-order valence-electron chi connectivity index (χ2n) is 2.55. The first-order valence-electron chi connectivity index (χ1n) is 3.73. The summed E-state index contributed by atoms with van der Waals surface area (Å²) in [5, 5.41) is 5.24. The van der Waals surface area contributed by atoms with Crippen LogP contribution in [0.3, 0.4) is 0 Å². The summed E-state index contributed by atoms with van der Waals surface area (Å²) >= 11 is -4.78. The Morgan fingerprint density at radius 1 is 1.29 bits per heavy atom. The molecule has 14 heavy (non-hydrogen) atoms. The van der Waals surface area contributed by atoms with E-state index in [-0.39, 0.29) is 11.0 Å². The van der Waals surface area contributed by atoms with Crippen LogP contribution in [0.1, 0.15) is 0 Å². The molecule has 1 aromatic carbocycles. The van der Waals surface area contributed by atoms with Crippen molar-refractivity contribution in [3.05, 3.63) is 29.2 Å². The summed E-state index contributed by atoms with van der Waals surface area (Å²) in [6.45, 7) is -0.0692. The molecule has 0 saturated carbocycles. The fourth-order valence-electron chi connectivity index (χ4n) is 0.897. The first-order valence-corrected chi connectivity index (χ1v) is 7.11. The molecule has 7 heteroatoms. The first-order chi connectivity index (χ1) is 6.54. The molecule has 0 atom stereocenters. The van der Waals surface area contributed by atoms with Gasteiger partial charge in [0.05, 0.1) is 0 Å². The van der Waals surface area contributed by atoms with Crippen LogP contribution >= 0.6 is 0 Å². The van der Waals surface area contributed by atoms with Crippen molar-refractivity contribution in [3.63, 3.8) is 0 Å². The van der Waals surface area contributed by atoms with Crippen LogP contribution in [0.25, 0.3) is 0 Å². The zero-order valence-electron chi connectivity index (χ0n) is 7.12. The number of nitroso groups, excluding NO2 is 1. The SMILES string of the molecule is O=NCNc1ccc([As](=O)(O)O)cc1. The van der Waals surface area contributed by atoms with E-state index in [1.165, 1.54) is 24.3 Å². The predicted molar refractivity (Wildman–Crippen MR) is 51.2 cm³/mol. The summed E-state index contributed by atoms with van der Waals surface area (Å²) in [6, 6.07) is 5.63. The van der Waals surface area contributed by atoms with Crippen molar-refractivity contribution in [1.29, 1.82) is 0 Å². The van der Waals surface area contributed by atoms with Crippen LogP contribution in [-0.4, -0.2) is 29.0 Å². The van der Waals surface area contributed by atoms with Crippen molar-refractivity contribution >= 4 is 24.2 Å². The van der Waals surface area contributed by atoms with Crippen LogP contribution < -0.4 is 9.67 Å². The van der Waals surface area contributed by atoms with Gasteiger partial charge in [0, 0.05) is 0 Å². The van der Waals surface area contributed by atoms with E-state index < -0.39 is 14.2 Å². The first kappa shape index (κ1) is 11.0. The molecule has 0 heterocycles. The molecule has 1 aromatic rings. The standard InChI is InChI=1S/C7H9AsN2O4/c11-8(12,13)6-1-3-7(4-2-6)9-5-10-14/h1-4,9H,5H2,(H2,11,12,13). The third-order valence-electron chi connectivity index (χ3n) is 1.55. The minimum absolute atomic E-state index is 0.00716. The van der Waals surface area contributed by atoms with Crippen molar-refractivity contribution < 1.29 is 11.9 Å². The zero-order chi connectivity index (χ0) is 10.6. The number of benzene rings is 1. The summed E-state index contributed by atoms with van der Waals surface area (Å²) < 4.78 is 28.5. The van der Waals surface area contributed by atoms with Crippen molar-refractivity contribution in [3.8, 4) is 0 Å². The zero-order valence-corrected chi connectivity index (χ0v) is 9.00. The van der Waals surface area contributed by atoms with Crippen LogP contribution in [0.4, 0.5) is 5.69 Å². The summed E-state index contributed by atoms with van der Waals surface area (Å²) in [7, 11) is 0. The average Bonchev–Trinajstić information content (AvgIpc) is 2.14. The van der Waals surface area contributed by atoms with Crippen LogP contribution in [-0.2, 0) is 3.74 Å². The van der Waals surface area contributed by atoms with E-state index in [0.29, 0.717) is 5.69 Å². The molecule has 0 bridgehead atoms. The molecule has 0 fully saturated rings. The molecule has 0 aromatic heterocycles. The average molecular weight is 260 g/mol. The van der Waals surface area contributed by atoms with Gasteiger partial charge >= 0.3 is 82.5 Å². The molecule has 0 saturated heterocycles. The van der Waals surface area contributed by atoms with Gasteiger partial charge in [0.1, 0.15) is 0 Å². The van der Waals surface area contributed by atoms with Gasteiger partial charge in [0.25, 0.3) is 0 Å². The summed E-state index contributed by atoms with van der Waals surface area (Å²) in [5.41, 5.74) is 0.595. The molecule has 0 radical (unpaired) electrons. The van der Waals surface area contributed by atoms with Crippen LogP contribution in [0.2, 0.25) is 0 Å². The second-order valence-corrected chi connectivity index (χ2v) is 5.92. The molecule has 0 aliphatic rings. The minimum atomic E-state index is -4.78. The third kappa shape index (κ3) is 2.99. The molecule has 0 aliphatic heterocycles. The molecule has 0 unspecified atom stereocenters. The van der Waals surface area contributed by atoms with Gasteiger partial charge in [0.2, 0.25) is 0 Å². The molecular formula is C7H9AsN2O4. The molecule has 1 rings (SSSR count). The molecular weight excluding hydrogens is 251 g/mol. The van der Waals surface area contributed by atoms with E-state index >= 15 is 0 Å². The van der Waals surface area contributed by atoms with E-state index in [1.807, 2.05) is 0 Å². The number of nitrogens with zero attached hydrogens (tertiary/aromatic N) is 1. The number of hydrogen-bond donors (Lipinski definition) is 3. The molecule has 0 spiro atoms. The summed E-state index contributed by atoms with van der Waals surface area (Å²) in [4.78, 5) is 9.77. The molecule has 0 aliphatic carbocycles. The maximum absolute atomic E-state index is 10.8. The third-order valence-corrected chi connectivity index (χ3v) is 3.59. The number of anilines is 1. The normalized spacial score (nSPS) is 11.0. The molecule has 3 N–H and O–H groups in total. The van der Waals surface area contributed by atoms with E-state index in [2.05, 4.69) is 10.5 Å². The predicted octanol–water partition coefficient (Wildman–Crippen LogP) is -0.617. The fourth-order valence-corrected chi connectivity index (χ4v) is 2.02. The van der Waals surface area contributed by atoms with Crippen molar-refractivity contribution in [2.24, 2.45) is 5.18 Å². The quantitative estimate of drug-likeness (QED) is 0.495. The summed E-state index contributed by atoms with van der Waals surface area (Å²) in [5.74, 6) is 0. The molecule has 0 amide bonds. The Balaban J connectivity index is 2.79. The van der Waals surface area contributed by atoms with Gasteiger partial charge < -0.3 is 0 Å². The van der Waals surface area contributed by atoms with Crippen LogP contribution in [0.15, 0.2) is 29.4 Å².